The van der Waals surface area contributed by atoms with Crippen molar-refractivity contribution in [2.75, 3.05) is 0 Å². The Morgan fingerprint density at radius 1 is 1.17 bits per heavy atom. The van der Waals surface area contributed by atoms with E-state index in [9.17, 15) is 8.78 Å². The summed E-state index contributed by atoms with van der Waals surface area (Å²) in [7, 11) is 0. The number of hydrogen-bond donors (Lipinski definition) is 1. The van der Waals surface area contributed by atoms with Crippen molar-refractivity contribution in [1.29, 1.82) is 0 Å². The van der Waals surface area contributed by atoms with Crippen LogP contribution in [-0.4, -0.2) is 6.61 Å². The molecular formula is C13H13F2NOS. The maximum absolute atomic E-state index is 12.0. The van der Waals surface area contributed by atoms with E-state index in [-0.39, 0.29) is 11.8 Å². The number of nitrogens with two attached hydrogens (primary N) is 1. The van der Waals surface area contributed by atoms with Gasteiger partial charge in [0, 0.05) is 6.04 Å². The Morgan fingerprint density at radius 3 is 2.44 bits per heavy atom. The molecule has 0 amide bonds. The normalized spacial score (nSPS) is 12.7. The van der Waals surface area contributed by atoms with Gasteiger partial charge in [-0.25, -0.2) is 0 Å². The molecule has 5 heteroatoms. The van der Waals surface area contributed by atoms with Gasteiger partial charge in [-0.15, -0.1) is 0 Å². The first-order valence-electron chi connectivity index (χ1n) is 5.46. The Balaban J connectivity index is 2.00. The van der Waals surface area contributed by atoms with E-state index in [1.54, 1.807) is 23.5 Å². The quantitative estimate of drug-likeness (QED) is 0.900. The predicted molar refractivity (Wildman–Crippen MR) is 68.0 cm³/mol. The molecule has 0 spiro atoms. The SMILES string of the molecule is NC(Cc1ccsc1)c1ccc(OC(F)F)cc1. The van der Waals surface area contributed by atoms with Gasteiger partial charge in [-0.1, -0.05) is 12.1 Å². The summed E-state index contributed by atoms with van der Waals surface area (Å²) in [6.07, 6.45) is 0.735. The first-order chi connectivity index (χ1) is 8.65. The Bertz CT molecular complexity index is 470. The molecule has 2 nitrogen and oxygen atoms in total. The number of hydrogen-bond acceptors (Lipinski definition) is 3. The topological polar surface area (TPSA) is 35.2 Å². The van der Waals surface area contributed by atoms with Crippen LogP contribution in [0.5, 0.6) is 5.75 Å². The highest BCUT2D eigenvalue weighted by Crippen LogP contribution is 2.21. The van der Waals surface area contributed by atoms with Gasteiger partial charge in [-0.3, -0.25) is 0 Å². The van der Waals surface area contributed by atoms with Crippen LogP contribution in [0.2, 0.25) is 0 Å². The van der Waals surface area contributed by atoms with Crippen LogP contribution < -0.4 is 10.5 Å². The highest BCUT2D eigenvalue weighted by Gasteiger charge is 2.09. The van der Waals surface area contributed by atoms with Gasteiger partial charge in [0.2, 0.25) is 0 Å². The molecule has 0 aliphatic carbocycles. The van der Waals surface area contributed by atoms with Crippen molar-refractivity contribution in [2.24, 2.45) is 5.73 Å². The third-order valence-electron chi connectivity index (χ3n) is 2.57. The van der Waals surface area contributed by atoms with E-state index in [2.05, 4.69) is 4.74 Å². The average Bonchev–Trinajstić information content (AvgIpc) is 2.82. The summed E-state index contributed by atoms with van der Waals surface area (Å²) < 4.78 is 28.3. The second kappa shape index (κ2) is 5.93. The molecule has 2 N–H and O–H groups in total. The molecule has 2 aromatic rings. The van der Waals surface area contributed by atoms with Crippen LogP contribution in [0.15, 0.2) is 41.1 Å². The van der Waals surface area contributed by atoms with Gasteiger partial charge in [-0.05, 0) is 46.5 Å². The van der Waals surface area contributed by atoms with Crippen LogP contribution in [0, 0.1) is 0 Å². The fraction of sp³-hybridized carbons (Fsp3) is 0.231. The minimum atomic E-state index is -2.80. The predicted octanol–water partition coefficient (Wildman–Crippen LogP) is 3.59. The van der Waals surface area contributed by atoms with Gasteiger partial charge in [0.25, 0.3) is 0 Å². The monoisotopic (exact) mass is 269 g/mol. The summed E-state index contributed by atoms with van der Waals surface area (Å²) >= 11 is 1.63. The van der Waals surface area contributed by atoms with E-state index in [1.807, 2.05) is 16.8 Å². The minimum absolute atomic E-state index is 0.139. The van der Waals surface area contributed by atoms with Crippen molar-refractivity contribution in [1.82, 2.24) is 0 Å². The highest BCUT2D eigenvalue weighted by molar-refractivity contribution is 7.07. The van der Waals surface area contributed by atoms with Crippen LogP contribution in [0.4, 0.5) is 8.78 Å². The smallest absolute Gasteiger partial charge is 0.387 e. The standard InChI is InChI=1S/C13H13F2NOS/c14-13(15)17-11-3-1-10(2-4-11)12(16)7-9-5-6-18-8-9/h1-6,8,12-13H,7,16H2. The Hall–Kier alpha value is -1.46. The van der Waals surface area contributed by atoms with Gasteiger partial charge < -0.3 is 10.5 Å². The second-order valence-corrected chi connectivity index (χ2v) is 4.67. The van der Waals surface area contributed by atoms with Crippen molar-refractivity contribution in [2.45, 2.75) is 19.1 Å². The third-order valence-corrected chi connectivity index (χ3v) is 3.30. The summed E-state index contributed by atoms with van der Waals surface area (Å²) in [5.74, 6) is 0.150. The lowest BCUT2D eigenvalue weighted by molar-refractivity contribution is -0.0498. The molecule has 1 heterocycles. The van der Waals surface area contributed by atoms with Crippen LogP contribution in [0.3, 0.4) is 0 Å². The summed E-state index contributed by atoms with van der Waals surface area (Å²) in [5.41, 5.74) is 8.14. The molecule has 0 bridgehead atoms. The van der Waals surface area contributed by atoms with Crippen molar-refractivity contribution < 1.29 is 13.5 Å². The van der Waals surface area contributed by atoms with E-state index in [0.717, 1.165) is 12.0 Å². The molecule has 0 radical (unpaired) electrons. The van der Waals surface area contributed by atoms with Crippen molar-refractivity contribution in [3.8, 4) is 5.75 Å². The zero-order valence-corrected chi connectivity index (χ0v) is 10.4. The summed E-state index contributed by atoms with van der Waals surface area (Å²) in [5, 5.41) is 4.05. The van der Waals surface area contributed by atoms with Crippen LogP contribution in [-0.2, 0) is 6.42 Å². The molecule has 2 rings (SSSR count). The second-order valence-electron chi connectivity index (χ2n) is 3.89. The van der Waals surface area contributed by atoms with Gasteiger partial charge in [0.15, 0.2) is 0 Å². The van der Waals surface area contributed by atoms with Gasteiger partial charge >= 0.3 is 6.61 Å². The Kier molecular flexibility index (Phi) is 4.28. The van der Waals surface area contributed by atoms with Crippen LogP contribution >= 0.6 is 11.3 Å². The number of ether oxygens (including phenoxy) is 1. The van der Waals surface area contributed by atoms with Crippen molar-refractivity contribution in [3.05, 3.63) is 52.2 Å². The summed E-state index contributed by atoms with van der Waals surface area (Å²) in [6.45, 7) is -2.80. The van der Waals surface area contributed by atoms with Crippen LogP contribution in [0.1, 0.15) is 17.2 Å². The fourth-order valence-electron chi connectivity index (χ4n) is 1.68. The number of rotatable bonds is 5. The van der Waals surface area contributed by atoms with Gasteiger partial charge in [-0.2, -0.15) is 20.1 Å². The lowest BCUT2D eigenvalue weighted by Crippen LogP contribution is -2.13. The van der Waals surface area contributed by atoms with E-state index in [0.29, 0.717) is 0 Å². The van der Waals surface area contributed by atoms with E-state index >= 15 is 0 Å². The first kappa shape index (κ1) is 13.0. The van der Waals surface area contributed by atoms with E-state index in [4.69, 9.17) is 5.73 Å². The fourth-order valence-corrected chi connectivity index (χ4v) is 2.36. The zero-order chi connectivity index (χ0) is 13.0. The average molecular weight is 269 g/mol. The Labute approximate surface area is 108 Å². The summed E-state index contributed by atoms with van der Waals surface area (Å²) in [6, 6.07) is 8.34. The van der Waals surface area contributed by atoms with E-state index in [1.165, 1.54) is 17.7 Å². The summed E-state index contributed by atoms with van der Waals surface area (Å²) in [4.78, 5) is 0. The molecule has 1 aromatic heterocycles. The molecule has 0 saturated heterocycles. The number of alkyl halides is 2. The molecule has 96 valence electrons. The number of thiophene rings is 1. The molecule has 0 aliphatic heterocycles. The first-order valence-corrected chi connectivity index (χ1v) is 6.41. The highest BCUT2D eigenvalue weighted by atomic mass is 32.1. The third kappa shape index (κ3) is 3.51. The zero-order valence-electron chi connectivity index (χ0n) is 9.55. The molecule has 0 saturated carbocycles. The molecule has 0 fully saturated rings. The molecule has 0 aliphatic rings. The van der Waals surface area contributed by atoms with Crippen molar-refractivity contribution in [3.63, 3.8) is 0 Å². The van der Waals surface area contributed by atoms with E-state index < -0.39 is 6.61 Å². The van der Waals surface area contributed by atoms with Crippen molar-refractivity contribution >= 4 is 11.3 Å². The molecular weight excluding hydrogens is 256 g/mol. The van der Waals surface area contributed by atoms with Crippen LogP contribution in [0.25, 0.3) is 0 Å². The lowest BCUT2D eigenvalue weighted by atomic mass is 10.0. The maximum Gasteiger partial charge on any atom is 0.387 e. The van der Waals surface area contributed by atoms with Gasteiger partial charge in [0.05, 0.1) is 0 Å². The molecule has 1 aromatic carbocycles. The molecule has 1 unspecified atom stereocenters. The van der Waals surface area contributed by atoms with Gasteiger partial charge in [0.1, 0.15) is 5.75 Å². The molecule has 18 heavy (non-hydrogen) atoms. The number of halogens is 2. The Morgan fingerprint density at radius 2 is 1.89 bits per heavy atom. The largest absolute Gasteiger partial charge is 0.435 e. The number of benzene rings is 1. The lowest BCUT2D eigenvalue weighted by Gasteiger charge is -2.12. The maximum atomic E-state index is 12.0. The minimum Gasteiger partial charge on any atom is -0.435 e. The molecule has 1 atom stereocenters.